The minimum Gasteiger partial charge on any atom is -0.326 e. The van der Waals surface area contributed by atoms with Gasteiger partial charge in [0.25, 0.3) is 5.91 Å². The number of nitrogens with zero attached hydrogens (tertiary/aromatic N) is 4. The highest BCUT2D eigenvalue weighted by Crippen LogP contribution is 2.37. The number of alkyl halides is 3. The Bertz CT molecular complexity index is 1380. The predicted octanol–water partition coefficient (Wildman–Crippen LogP) is 4.57. The zero-order valence-corrected chi connectivity index (χ0v) is 17.7. The molecule has 2 aromatic carbocycles. The van der Waals surface area contributed by atoms with Crippen molar-refractivity contribution in [3.8, 4) is 0 Å². The Morgan fingerprint density at radius 3 is 2.59 bits per heavy atom. The summed E-state index contributed by atoms with van der Waals surface area (Å²) in [5.41, 5.74) is 1.15. The van der Waals surface area contributed by atoms with E-state index >= 15 is 0 Å². The maximum atomic E-state index is 13.4. The van der Waals surface area contributed by atoms with Gasteiger partial charge in [-0.25, -0.2) is 4.98 Å². The predicted molar refractivity (Wildman–Crippen MR) is 119 cm³/mol. The van der Waals surface area contributed by atoms with Crippen LogP contribution in [0.25, 0.3) is 11.0 Å². The molecule has 10 heteroatoms. The van der Waals surface area contributed by atoms with Crippen LogP contribution in [-0.2, 0) is 22.3 Å². The Hall–Kier alpha value is -4.21. The second-order valence-electron chi connectivity index (χ2n) is 7.86. The number of imidazole rings is 1. The van der Waals surface area contributed by atoms with Crippen LogP contribution in [-0.4, -0.2) is 26.3 Å². The van der Waals surface area contributed by atoms with Gasteiger partial charge in [-0.3, -0.25) is 24.0 Å². The zero-order valence-electron chi connectivity index (χ0n) is 17.7. The summed E-state index contributed by atoms with van der Waals surface area (Å²) in [4.78, 5) is 36.5. The standard InChI is InChI=1S/C24H18F3N5O2/c25-24(26,27)15-6-5-8-16(12-15)29-21(33)13-20-22(34)31(14-17-7-3-4-11-28-17)23-30-18-9-1-2-10-19(18)32(20)23/h1-12,20H,13-14H2,(H,29,33). The molecule has 2 aromatic heterocycles. The van der Waals surface area contributed by atoms with Crippen molar-refractivity contribution in [2.75, 3.05) is 10.2 Å². The van der Waals surface area contributed by atoms with Crippen molar-refractivity contribution >= 4 is 34.5 Å². The first-order valence-corrected chi connectivity index (χ1v) is 10.5. The summed E-state index contributed by atoms with van der Waals surface area (Å²) in [6.45, 7) is 0.175. The van der Waals surface area contributed by atoms with Crippen LogP contribution in [0, 0.1) is 0 Å². The Kier molecular flexibility index (Phi) is 5.27. The SMILES string of the molecule is O=C(CC1C(=O)N(Cc2ccccn2)c2nc3ccccc3n21)Nc1cccc(C(F)(F)F)c1. The average molecular weight is 465 g/mol. The third kappa shape index (κ3) is 3.98. The normalized spacial score (nSPS) is 15.6. The van der Waals surface area contributed by atoms with Gasteiger partial charge in [0.1, 0.15) is 6.04 Å². The number of amides is 2. The fourth-order valence-electron chi connectivity index (χ4n) is 4.06. The van der Waals surface area contributed by atoms with Gasteiger partial charge in [-0.1, -0.05) is 24.3 Å². The van der Waals surface area contributed by atoms with Crippen LogP contribution < -0.4 is 10.2 Å². The molecule has 7 nitrogen and oxygen atoms in total. The van der Waals surface area contributed by atoms with E-state index in [2.05, 4.69) is 15.3 Å². The summed E-state index contributed by atoms with van der Waals surface area (Å²) in [5.74, 6) is -0.520. The van der Waals surface area contributed by atoms with Crippen LogP contribution in [0.1, 0.15) is 23.7 Å². The number of carbonyl (C=O) groups excluding carboxylic acids is 2. The minimum atomic E-state index is -4.53. The van der Waals surface area contributed by atoms with Crippen LogP contribution in [0.15, 0.2) is 72.9 Å². The van der Waals surface area contributed by atoms with E-state index < -0.39 is 23.7 Å². The van der Waals surface area contributed by atoms with Crippen molar-refractivity contribution in [2.45, 2.75) is 25.2 Å². The van der Waals surface area contributed by atoms with Gasteiger partial charge in [0, 0.05) is 11.9 Å². The van der Waals surface area contributed by atoms with Crippen LogP contribution in [0.3, 0.4) is 0 Å². The molecule has 172 valence electrons. The summed E-state index contributed by atoms with van der Waals surface area (Å²) in [5, 5.41) is 2.48. The molecule has 1 aliphatic heterocycles. The first-order valence-electron chi connectivity index (χ1n) is 10.5. The quantitative estimate of drug-likeness (QED) is 0.468. The molecule has 0 aliphatic carbocycles. The van der Waals surface area contributed by atoms with Gasteiger partial charge in [-0.15, -0.1) is 0 Å². The van der Waals surface area contributed by atoms with Gasteiger partial charge in [-0.05, 0) is 42.5 Å². The van der Waals surface area contributed by atoms with Crippen LogP contribution in [0.2, 0.25) is 0 Å². The van der Waals surface area contributed by atoms with Gasteiger partial charge < -0.3 is 5.32 Å². The molecule has 0 saturated heterocycles. The fourth-order valence-corrected chi connectivity index (χ4v) is 4.06. The number of halogens is 3. The monoisotopic (exact) mass is 465 g/mol. The number of pyridine rings is 1. The molecule has 2 amide bonds. The van der Waals surface area contributed by atoms with Gasteiger partial charge in [0.2, 0.25) is 11.9 Å². The molecule has 1 atom stereocenters. The number of hydrogen-bond acceptors (Lipinski definition) is 4. The molecule has 3 heterocycles. The molecule has 34 heavy (non-hydrogen) atoms. The van der Waals surface area contributed by atoms with E-state index in [-0.39, 0.29) is 24.6 Å². The van der Waals surface area contributed by atoms with E-state index in [4.69, 9.17) is 0 Å². The molecule has 0 spiro atoms. The Morgan fingerprint density at radius 1 is 1.03 bits per heavy atom. The van der Waals surface area contributed by atoms with E-state index in [9.17, 15) is 22.8 Å². The topological polar surface area (TPSA) is 80.1 Å². The molecule has 1 N–H and O–H groups in total. The van der Waals surface area contributed by atoms with Crippen molar-refractivity contribution in [3.05, 3.63) is 84.2 Å². The number of benzene rings is 2. The lowest BCUT2D eigenvalue weighted by Crippen LogP contribution is -2.31. The van der Waals surface area contributed by atoms with Gasteiger partial charge in [0.05, 0.1) is 35.3 Å². The molecule has 1 unspecified atom stereocenters. The molecule has 0 bridgehead atoms. The molecule has 0 saturated carbocycles. The Balaban J connectivity index is 1.44. The largest absolute Gasteiger partial charge is 0.416 e. The first kappa shape index (κ1) is 21.6. The first-order chi connectivity index (χ1) is 16.3. The lowest BCUT2D eigenvalue weighted by atomic mass is 10.1. The van der Waals surface area contributed by atoms with Crippen LogP contribution in [0.4, 0.5) is 24.8 Å². The highest BCUT2D eigenvalue weighted by Gasteiger charge is 2.41. The number of carbonyl (C=O) groups is 2. The average Bonchev–Trinajstić information content (AvgIpc) is 3.30. The number of nitrogens with one attached hydrogen (secondary N) is 1. The van der Waals surface area contributed by atoms with Crippen molar-refractivity contribution in [3.63, 3.8) is 0 Å². The number of anilines is 2. The van der Waals surface area contributed by atoms with Crippen molar-refractivity contribution in [1.29, 1.82) is 0 Å². The lowest BCUT2D eigenvalue weighted by molar-refractivity contribution is -0.137. The molecule has 0 fully saturated rings. The third-order valence-corrected chi connectivity index (χ3v) is 5.58. The van der Waals surface area contributed by atoms with E-state index in [0.29, 0.717) is 22.7 Å². The number of rotatable bonds is 5. The smallest absolute Gasteiger partial charge is 0.326 e. The second-order valence-corrected chi connectivity index (χ2v) is 7.86. The Morgan fingerprint density at radius 2 is 1.82 bits per heavy atom. The second kappa shape index (κ2) is 8.29. The summed E-state index contributed by atoms with van der Waals surface area (Å²) < 4.78 is 40.7. The minimum absolute atomic E-state index is 0.00586. The number of para-hydroxylation sites is 2. The van der Waals surface area contributed by atoms with Crippen molar-refractivity contribution in [1.82, 2.24) is 14.5 Å². The highest BCUT2D eigenvalue weighted by atomic mass is 19.4. The van der Waals surface area contributed by atoms with E-state index in [0.717, 1.165) is 12.1 Å². The van der Waals surface area contributed by atoms with Gasteiger partial charge in [-0.2, -0.15) is 13.2 Å². The number of aromatic nitrogens is 3. The van der Waals surface area contributed by atoms with E-state index in [1.54, 1.807) is 29.0 Å². The Labute approximate surface area is 191 Å². The zero-order chi connectivity index (χ0) is 23.9. The third-order valence-electron chi connectivity index (χ3n) is 5.58. The maximum absolute atomic E-state index is 13.4. The molecule has 5 rings (SSSR count). The number of fused-ring (bicyclic) bond motifs is 3. The van der Waals surface area contributed by atoms with Crippen LogP contribution >= 0.6 is 0 Å². The van der Waals surface area contributed by atoms with Crippen molar-refractivity contribution < 1.29 is 22.8 Å². The fraction of sp³-hybridized carbons (Fsp3) is 0.167. The van der Waals surface area contributed by atoms with E-state index in [1.807, 2.05) is 24.3 Å². The maximum Gasteiger partial charge on any atom is 0.416 e. The lowest BCUT2D eigenvalue weighted by Gasteiger charge is -2.16. The van der Waals surface area contributed by atoms with Gasteiger partial charge >= 0.3 is 6.18 Å². The molecule has 4 aromatic rings. The molecule has 1 aliphatic rings. The number of hydrogen-bond donors (Lipinski definition) is 1. The van der Waals surface area contributed by atoms with Gasteiger partial charge in [0.15, 0.2) is 0 Å². The van der Waals surface area contributed by atoms with E-state index in [1.165, 1.54) is 17.0 Å². The summed E-state index contributed by atoms with van der Waals surface area (Å²) in [6.07, 6.45) is -3.17. The molecular formula is C24H18F3N5O2. The highest BCUT2D eigenvalue weighted by molar-refractivity contribution is 6.05. The van der Waals surface area contributed by atoms with Crippen LogP contribution in [0.5, 0.6) is 0 Å². The summed E-state index contributed by atoms with van der Waals surface area (Å²) in [7, 11) is 0. The summed E-state index contributed by atoms with van der Waals surface area (Å²) in [6, 6.07) is 16.1. The van der Waals surface area contributed by atoms with Crippen molar-refractivity contribution in [2.24, 2.45) is 0 Å². The molecule has 0 radical (unpaired) electrons. The molecular weight excluding hydrogens is 447 g/mol. The summed E-state index contributed by atoms with van der Waals surface area (Å²) >= 11 is 0.